The van der Waals surface area contributed by atoms with E-state index in [2.05, 4.69) is 5.32 Å². The lowest BCUT2D eigenvalue weighted by atomic mass is 9.86. The molecule has 0 spiro atoms. The summed E-state index contributed by atoms with van der Waals surface area (Å²) in [6, 6.07) is 6.26. The molecule has 27 heavy (non-hydrogen) atoms. The molecule has 2 amide bonds. The highest BCUT2D eigenvalue weighted by molar-refractivity contribution is 6.31. The van der Waals surface area contributed by atoms with E-state index in [1.54, 1.807) is 0 Å². The molecule has 0 unspecified atom stereocenters. The highest BCUT2D eigenvalue weighted by atomic mass is 35.5. The molecule has 1 fully saturated rings. The van der Waals surface area contributed by atoms with Crippen molar-refractivity contribution in [1.29, 1.82) is 0 Å². The minimum Gasteiger partial charge on any atom is -0.344 e. The van der Waals surface area contributed by atoms with E-state index < -0.39 is 41.1 Å². The number of nitrogens with zero attached hydrogens (tertiary/aromatic N) is 1. The minimum absolute atomic E-state index is 0.112. The topological polar surface area (TPSA) is 49.4 Å². The van der Waals surface area contributed by atoms with Gasteiger partial charge in [0, 0.05) is 30.1 Å². The molecule has 1 saturated heterocycles. The number of anilines is 1. The number of carbonyl (C=O) groups is 2. The number of rotatable bonds is 3. The van der Waals surface area contributed by atoms with Crippen LogP contribution < -0.4 is 5.32 Å². The molecule has 2 aromatic carbocycles. The van der Waals surface area contributed by atoms with E-state index in [9.17, 15) is 22.8 Å². The Morgan fingerprint density at radius 1 is 1.19 bits per heavy atom. The second-order valence-corrected chi connectivity index (χ2v) is 6.88. The van der Waals surface area contributed by atoms with Gasteiger partial charge in [-0.3, -0.25) is 9.59 Å². The van der Waals surface area contributed by atoms with E-state index in [-0.39, 0.29) is 28.4 Å². The van der Waals surface area contributed by atoms with Crippen molar-refractivity contribution >= 4 is 29.1 Å². The SMILES string of the molecule is Cc1c(Cl)ccc([C@@H]2CN(C)C(=O)[C@H]2C(=O)Nc2cccc(F)c2F)c1F. The van der Waals surface area contributed by atoms with Gasteiger partial charge in [-0.15, -0.1) is 0 Å². The Morgan fingerprint density at radius 3 is 2.59 bits per heavy atom. The number of halogens is 4. The molecule has 0 aliphatic carbocycles. The fourth-order valence-electron chi connectivity index (χ4n) is 3.25. The molecule has 2 atom stereocenters. The first-order valence-electron chi connectivity index (χ1n) is 8.16. The van der Waals surface area contributed by atoms with Gasteiger partial charge < -0.3 is 10.2 Å². The van der Waals surface area contributed by atoms with Gasteiger partial charge in [0.05, 0.1) is 5.69 Å². The standard InChI is InChI=1S/C19H16ClF3N2O2/c1-9-12(20)7-6-10(16(9)22)11-8-25(2)19(27)15(11)18(26)24-14-5-3-4-13(21)17(14)23/h3-7,11,15H,8H2,1-2H3,(H,24,26)/t11-,15+/m0/s1. The first kappa shape index (κ1) is 19.2. The van der Waals surface area contributed by atoms with Gasteiger partial charge in [-0.2, -0.15) is 0 Å². The van der Waals surface area contributed by atoms with Gasteiger partial charge in [0.15, 0.2) is 11.6 Å². The lowest BCUT2D eigenvalue weighted by Gasteiger charge is -2.19. The number of likely N-dealkylation sites (N-methyl/N-ethyl adjacent to an activating group) is 1. The molecule has 3 rings (SSSR count). The molecule has 0 aromatic heterocycles. The van der Waals surface area contributed by atoms with E-state index in [0.717, 1.165) is 6.07 Å². The van der Waals surface area contributed by atoms with Crippen molar-refractivity contribution in [2.45, 2.75) is 12.8 Å². The monoisotopic (exact) mass is 396 g/mol. The van der Waals surface area contributed by atoms with Crippen LogP contribution >= 0.6 is 11.6 Å². The molecule has 1 aliphatic heterocycles. The Bertz CT molecular complexity index is 935. The second kappa shape index (κ2) is 7.23. The number of amides is 2. The number of benzene rings is 2. The molecule has 0 radical (unpaired) electrons. The third kappa shape index (κ3) is 3.39. The van der Waals surface area contributed by atoms with Crippen LogP contribution in [0.4, 0.5) is 18.9 Å². The Labute approximate surface area is 158 Å². The molecule has 2 aromatic rings. The van der Waals surface area contributed by atoms with Gasteiger partial charge in [-0.1, -0.05) is 23.7 Å². The van der Waals surface area contributed by atoms with Crippen molar-refractivity contribution in [1.82, 2.24) is 4.90 Å². The normalized spacial score (nSPS) is 19.5. The number of hydrogen-bond donors (Lipinski definition) is 1. The predicted octanol–water partition coefficient (Wildman–Crippen LogP) is 3.88. The second-order valence-electron chi connectivity index (χ2n) is 6.47. The van der Waals surface area contributed by atoms with Crippen LogP contribution in [0.2, 0.25) is 5.02 Å². The van der Waals surface area contributed by atoms with Crippen molar-refractivity contribution in [2.24, 2.45) is 5.92 Å². The Balaban J connectivity index is 1.96. The summed E-state index contributed by atoms with van der Waals surface area (Å²) in [7, 11) is 1.49. The van der Waals surface area contributed by atoms with Gasteiger partial charge in [-0.25, -0.2) is 13.2 Å². The van der Waals surface area contributed by atoms with E-state index in [1.807, 2.05) is 0 Å². The van der Waals surface area contributed by atoms with E-state index in [0.29, 0.717) is 0 Å². The Hall–Kier alpha value is -2.54. The van der Waals surface area contributed by atoms with E-state index >= 15 is 0 Å². The number of nitrogens with one attached hydrogen (secondary N) is 1. The third-order valence-electron chi connectivity index (χ3n) is 4.76. The zero-order valence-electron chi connectivity index (χ0n) is 14.5. The zero-order valence-corrected chi connectivity index (χ0v) is 15.3. The Kier molecular flexibility index (Phi) is 5.15. The summed E-state index contributed by atoms with van der Waals surface area (Å²) in [6.07, 6.45) is 0. The van der Waals surface area contributed by atoms with Crippen molar-refractivity contribution in [2.75, 3.05) is 18.9 Å². The average Bonchev–Trinajstić information content (AvgIpc) is 2.92. The van der Waals surface area contributed by atoms with Gasteiger partial charge in [-0.05, 0) is 30.7 Å². The van der Waals surface area contributed by atoms with Crippen molar-refractivity contribution in [3.05, 3.63) is 63.9 Å². The molecule has 0 saturated carbocycles. The van der Waals surface area contributed by atoms with E-state index in [1.165, 1.54) is 43.1 Å². The molecule has 0 bridgehead atoms. The fraction of sp³-hybridized carbons (Fsp3) is 0.263. The first-order chi connectivity index (χ1) is 12.7. The maximum Gasteiger partial charge on any atom is 0.237 e. The fourth-order valence-corrected chi connectivity index (χ4v) is 3.40. The number of carbonyl (C=O) groups excluding carboxylic acids is 2. The third-order valence-corrected chi connectivity index (χ3v) is 5.17. The minimum atomic E-state index is -1.27. The summed E-state index contributed by atoms with van der Waals surface area (Å²) in [5.74, 6) is -6.35. The van der Waals surface area contributed by atoms with Crippen molar-refractivity contribution in [3.63, 3.8) is 0 Å². The zero-order chi connectivity index (χ0) is 19.9. The highest BCUT2D eigenvalue weighted by Crippen LogP contribution is 2.37. The van der Waals surface area contributed by atoms with Gasteiger partial charge in [0.1, 0.15) is 11.7 Å². The summed E-state index contributed by atoms with van der Waals surface area (Å²) >= 11 is 5.91. The number of likely N-dealkylation sites (tertiary alicyclic amines) is 1. The van der Waals surface area contributed by atoms with Crippen LogP contribution in [0.25, 0.3) is 0 Å². The Morgan fingerprint density at radius 2 is 1.89 bits per heavy atom. The molecule has 1 heterocycles. The molecule has 4 nitrogen and oxygen atoms in total. The van der Waals surface area contributed by atoms with Crippen LogP contribution in [-0.4, -0.2) is 30.3 Å². The molecular formula is C19H16ClF3N2O2. The number of hydrogen-bond acceptors (Lipinski definition) is 2. The largest absolute Gasteiger partial charge is 0.344 e. The van der Waals surface area contributed by atoms with Crippen molar-refractivity contribution < 1.29 is 22.8 Å². The quantitative estimate of drug-likeness (QED) is 0.800. The lowest BCUT2D eigenvalue weighted by molar-refractivity contribution is -0.135. The molecule has 8 heteroatoms. The van der Waals surface area contributed by atoms with Crippen LogP contribution in [0.1, 0.15) is 17.0 Å². The molecular weight excluding hydrogens is 381 g/mol. The van der Waals surface area contributed by atoms with Crippen LogP contribution in [0, 0.1) is 30.3 Å². The molecule has 142 valence electrons. The van der Waals surface area contributed by atoms with Gasteiger partial charge in [0.2, 0.25) is 11.8 Å². The van der Waals surface area contributed by atoms with Crippen LogP contribution in [0.3, 0.4) is 0 Å². The van der Waals surface area contributed by atoms with Crippen molar-refractivity contribution in [3.8, 4) is 0 Å². The van der Waals surface area contributed by atoms with Gasteiger partial charge >= 0.3 is 0 Å². The first-order valence-corrected chi connectivity index (χ1v) is 8.54. The molecule has 1 aliphatic rings. The smallest absolute Gasteiger partial charge is 0.237 e. The highest BCUT2D eigenvalue weighted by Gasteiger charge is 2.45. The van der Waals surface area contributed by atoms with E-state index in [4.69, 9.17) is 11.6 Å². The summed E-state index contributed by atoms with van der Waals surface area (Å²) in [5, 5.41) is 2.47. The van der Waals surface area contributed by atoms with Gasteiger partial charge in [0.25, 0.3) is 0 Å². The van der Waals surface area contributed by atoms with Crippen LogP contribution in [-0.2, 0) is 9.59 Å². The predicted molar refractivity (Wildman–Crippen MR) is 95.0 cm³/mol. The summed E-state index contributed by atoms with van der Waals surface area (Å²) < 4.78 is 41.9. The lowest BCUT2D eigenvalue weighted by Crippen LogP contribution is -2.33. The molecule has 1 N–H and O–H groups in total. The average molecular weight is 397 g/mol. The van der Waals surface area contributed by atoms with Crippen LogP contribution in [0.5, 0.6) is 0 Å². The summed E-state index contributed by atoms with van der Waals surface area (Å²) in [4.78, 5) is 26.5. The summed E-state index contributed by atoms with van der Waals surface area (Å²) in [5.41, 5.74) is 0.00910. The maximum absolute atomic E-state index is 14.7. The maximum atomic E-state index is 14.7. The summed E-state index contributed by atoms with van der Waals surface area (Å²) in [6.45, 7) is 1.61. The van der Waals surface area contributed by atoms with Crippen LogP contribution in [0.15, 0.2) is 30.3 Å².